The van der Waals surface area contributed by atoms with Crippen LogP contribution in [0.5, 0.6) is 0 Å². The second-order valence-corrected chi connectivity index (χ2v) is 5.39. The molecule has 104 valence electrons. The van der Waals surface area contributed by atoms with E-state index in [1.807, 2.05) is 54.3 Å². The Labute approximate surface area is 124 Å². The number of fused-ring (bicyclic) bond motifs is 1. The van der Waals surface area contributed by atoms with Crippen LogP contribution in [0.1, 0.15) is 32.6 Å². The Kier molecular flexibility index (Phi) is 3.45. The minimum Gasteiger partial charge on any atom is -0.334 e. The summed E-state index contributed by atoms with van der Waals surface area (Å²) in [6, 6.07) is 15.6. The fourth-order valence-electron chi connectivity index (χ4n) is 2.77. The highest BCUT2D eigenvalue weighted by atomic mass is 16.2. The first-order valence-electron chi connectivity index (χ1n) is 7.06. The zero-order valence-electron chi connectivity index (χ0n) is 12.0. The number of nitrogens with zero attached hydrogens (tertiary/aromatic N) is 2. The van der Waals surface area contributed by atoms with E-state index in [4.69, 9.17) is 5.26 Å². The number of hydrogen-bond acceptors (Lipinski definition) is 2. The second-order valence-electron chi connectivity index (χ2n) is 5.39. The van der Waals surface area contributed by atoms with Gasteiger partial charge in [-0.05, 0) is 48.2 Å². The van der Waals surface area contributed by atoms with Gasteiger partial charge in [0.15, 0.2) is 0 Å². The zero-order valence-corrected chi connectivity index (χ0v) is 12.0. The molecule has 0 saturated heterocycles. The van der Waals surface area contributed by atoms with E-state index >= 15 is 0 Å². The average molecular weight is 276 g/mol. The number of hydrogen-bond donors (Lipinski definition) is 0. The van der Waals surface area contributed by atoms with E-state index in [9.17, 15) is 4.79 Å². The van der Waals surface area contributed by atoms with Crippen LogP contribution in [-0.2, 0) is 13.0 Å². The fraction of sp³-hybridized carbons (Fsp3) is 0.222. The molecule has 0 saturated carbocycles. The highest BCUT2D eigenvalue weighted by Gasteiger charge is 2.24. The van der Waals surface area contributed by atoms with Crippen LogP contribution >= 0.6 is 0 Å². The van der Waals surface area contributed by atoms with E-state index in [2.05, 4.69) is 6.07 Å². The largest absolute Gasteiger partial charge is 0.334 e. The fourth-order valence-corrected chi connectivity index (χ4v) is 2.77. The molecule has 0 aromatic heterocycles. The maximum Gasteiger partial charge on any atom is 0.254 e. The van der Waals surface area contributed by atoms with Gasteiger partial charge in [0.25, 0.3) is 5.91 Å². The number of nitriles is 1. The van der Waals surface area contributed by atoms with Crippen molar-refractivity contribution < 1.29 is 4.79 Å². The van der Waals surface area contributed by atoms with Gasteiger partial charge in [-0.15, -0.1) is 0 Å². The monoisotopic (exact) mass is 276 g/mol. The molecule has 2 aromatic rings. The molecule has 2 aromatic carbocycles. The maximum atomic E-state index is 12.5. The van der Waals surface area contributed by atoms with E-state index in [0.717, 1.165) is 35.2 Å². The normalized spacial score (nSPS) is 13.7. The average Bonchev–Trinajstić information content (AvgIpc) is 2.52. The number of carbonyl (C=O) groups excluding carboxylic acids is 1. The van der Waals surface area contributed by atoms with Crippen molar-refractivity contribution >= 4 is 5.91 Å². The topological polar surface area (TPSA) is 44.1 Å². The Hall–Kier alpha value is -2.60. The van der Waals surface area contributed by atoms with Crippen molar-refractivity contribution in [3.63, 3.8) is 0 Å². The number of amides is 1. The molecule has 0 N–H and O–H groups in total. The highest BCUT2D eigenvalue weighted by Crippen LogP contribution is 2.21. The van der Waals surface area contributed by atoms with Crippen molar-refractivity contribution in [1.82, 2.24) is 4.90 Å². The standard InChI is InChI=1S/C18H16N2O/c1-13-10-14(11-19)6-7-16(13)12-20-9-8-15-4-2-3-5-17(15)18(20)21/h2-7,10H,8-9,12H2,1H3. The molecule has 21 heavy (non-hydrogen) atoms. The Morgan fingerprint density at radius 1 is 1.24 bits per heavy atom. The molecular weight excluding hydrogens is 260 g/mol. The summed E-state index contributed by atoms with van der Waals surface area (Å²) in [7, 11) is 0. The molecule has 0 atom stereocenters. The first-order chi connectivity index (χ1) is 10.2. The van der Waals surface area contributed by atoms with Gasteiger partial charge in [0, 0.05) is 18.7 Å². The van der Waals surface area contributed by atoms with Gasteiger partial charge in [0.05, 0.1) is 11.6 Å². The third-order valence-electron chi connectivity index (χ3n) is 4.02. The van der Waals surface area contributed by atoms with Crippen LogP contribution in [0.15, 0.2) is 42.5 Å². The molecule has 1 amide bonds. The lowest BCUT2D eigenvalue weighted by Crippen LogP contribution is -2.37. The van der Waals surface area contributed by atoms with E-state index in [1.165, 1.54) is 0 Å². The van der Waals surface area contributed by atoms with Crippen molar-refractivity contribution in [2.75, 3.05) is 6.54 Å². The third-order valence-corrected chi connectivity index (χ3v) is 4.02. The minimum absolute atomic E-state index is 0.0978. The maximum absolute atomic E-state index is 12.5. The smallest absolute Gasteiger partial charge is 0.254 e. The molecule has 0 bridgehead atoms. The molecule has 0 fully saturated rings. The lowest BCUT2D eigenvalue weighted by Gasteiger charge is -2.29. The van der Waals surface area contributed by atoms with E-state index in [0.29, 0.717) is 12.1 Å². The molecule has 3 rings (SSSR count). The van der Waals surface area contributed by atoms with Gasteiger partial charge in [-0.1, -0.05) is 24.3 Å². The molecule has 0 aliphatic carbocycles. The summed E-state index contributed by atoms with van der Waals surface area (Å²) in [4.78, 5) is 14.4. The van der Waals surface area contributed by atoms with Crippen LogP contribution in [0.3, 0.4) is 0 Å². The summed E-state index contributed by atoms with van der Waals surface area (Å²) in [6.07, 6.45) is 0.900. The van der Waals surface area contributed by atoms with Crippen molar-refractivity contribution in [3.8, 4) is 6.07 Å². The molecule has 0 spiro atoms. The Morgan fingerprint density at radius 2 is 2.05 bits per heavy atom. The lowest BCUT2D eigenvalue weighted by atomic mass is 9.98. The quantitative estimate of drug-likeness (QED) is 0.846. The second kappa shape index (κ2) is 5.41. The van der Waals surface area contributed by atoms with Crippen LogP contribution < -0.4 is 0 Å². The molecule has 3 heteroatoms. The van der Waals surface area contributed by atoms with Crippen molar-refractivity contribution in [2.24, 2.45) is 0 Å². The summed E-state index contributed by atoms with van der Waals surface area (Å²) in [6.45, 7) is 3.33. The number of carbonyl (C=O) groups is 1. The highest BCUT2D eigenvalue weighted by molar-refractivity contribution is 5.96. The van der Waals surface area contributed by atoms with Crippen LogP contribution in [-0.4, -0.2) is 17.4 Å². The van der Waals surface area contributed by atoms with Crippen LogP contribution in [0.4, 0.5) is 0 Å². The predicted octanol–water partition coefficient (Wildman–Crippen LogP) is 3.07. The lowest BCUT2D eigenvalue weighted by molar-refractivity contribution is 0.0727. The summed E-state index contributed by atoms with van der Waals surface area (Å²) in [5, 5.41) is 8.91. The van der Waals surface area contributed by atoms with E-state index in [-0.39, 0.29) is 5.91 Å². The first kappa shape index (κ1) is 13.4. The van der Waals surface area contributed by atoms with Gasteiger partial charge < -0.3 is 4.90 Å². The Bertz CT molecular complexity index is 743. The minimum atomic E-state index is 0.0978. The van der Waals surface area contributed by atoms with Crippen molar-refractivity contribution in [3.05, 3.63) is 70.3 Å². The molecule has 3 nitrogen and oxygen atoms in total. The molecule has 1 heterocycles. The molecule has 1 aliphatic heterocycles. The van der Waals surface area contributed by atoms with Gasteiger partial charge in [0.1, 0.15) is 0 Å². The zero-order chi connectivity index (χ0) is 14.8. The third kappa shape index (κ3) is 2.53. The number of benzene rings is 2. The van der Waals surface area contributed by atoms with E-state index < -0.39 is 0 Å². The Morgan fingerprint density at radius 3 is 2.81 bits per heavy atom. The van der Waals surface area contributed by atoms with Gasteiger partial charge in [-0.2, -0.15) is 5.26 Å². The molecule has 1 aliphatic rings. The number of aryl methyl sites for hydroxylation is 1. The van der Waals surface area contributed by atoms with Gasteiger partial charge in [0.2, 0.25) is 0 Å². The molecule has 0 unspecified atom stereocenters. The van der Waals surface area contributed by atoms with Crippen molar-refractivity contribution in [2.45, 2.75) is 19.9 Å². The summed E-state index contributed by atoms with van der Waals surface area (Å²) in [5.74, 6) is 0.0978. The van der Waals surface area contributed by atoms with Crippen LogP contribution in [0, 0.1) is 18.3 Å². The summed E-state index contributed by atoms with van der Waals surface area (Å²) < 4.78 is 0. The SMILES string of the molecule is Cc1cc(C#N)ccc1CN1CCc2ccccc2C1=O. The molecular formula is C18H16N2O. The first-order valence-corrected chi connectivity index (χ1v) is 7.06. The summed E-state index contributed by atoms with van der Waals surface area (Å²) in [5.41, 5.74) is 4.76. The van der Waals surface area contributed by atoms with Gasteiger partial charge >= 0.3 is 0 Å². The van der Waals surface area contributed by atoms with Gasteiger partial charge in [-0.25, -0.2) is 0 Å². The Balaban J connectivity index is 1.84. The van der Waals surface area contributed by atoms with Crippen LogP contribution in [0.2, 0.25) is 0 Å². The van der Waals surface area contributed by atoms with E-state index in [1.54, 1.807) is 0 Å². The number of rotatable bonds is 2. The molecule has 0 radical (unpaired) electrons. The summed E-state index contributed by atoms with van der Waals surface area (Å²) >= 11 is 0. The van der Waals surface area contributed by atoms with Crippen molar-refractivity contribution in [1.29, 1.82) is 5.26 Å². The van der Waals surface area contributed by atoms with Gasteiger partial charge in [-0.3, -0.25) is 4.79 Å². The van der Waals surface area contributed by atoms with Crippen LogP contribution in [0.25, 0.3) is 0 Å². The predicted molar refractivity (Wildman–Crippen MR) is 80.8 cm³/mol.